The molecule has 1 aliphatic heterocycles. The molecule has 25 heavy (non-hydrogen) atoms. The maximum atomic E-state index is 13.3. The van der Waals surface area contributed by atoms with Crippen molar-refractivity contribution >= 4 is 17.4 Å². The minimum atomic E-state index is -1.42. The molecule has 0 amide bonds. The second-order valence-electron chi connectivity index (χ2n) is 6.21. The Morgan fingerprint density at radius 1 is 1.12 bits per heavy atom. The minimum Gasteiger partial charge on any atom is -0.355 e. The lowest BCUT2D eigenvalue weighted by atomic mass is 10.0. The van der Waals surface area contributed by atoms with E-state index in [-0.39, 0.29) is 0 Å². The van der Waals surface area contributed by atoms with Crippen LogP contribution in [0.5, 0.6) is 0 Å². The van der Waals surface area contributed by atoms with Gasteiger partial charge >= 0.3 is 0 Å². The highest BCUT2D eigenvalue weighted by Gasteiger charge is 2.24. The molecular weight excluding hydrogens is 353 g/mol. The van der Waals surface area contributed by atoms with Gasteiger partial charge in [-0.05, 0) is 42.7 Å². The molecule has 4 nitrogen and oxygen atoms in total. The fourth-order valence-corrected chi connectivity index (χ4v) is 3.21. The second-order valence-corrected chi connectivity index (χ2v) is 6.59. The molecule has 1 fully saturated rings. The first-order valence-corrected chi connectivity index (χ1v) is 8.39. The van der Waals surface area contributed by atoms with Crippen LogP contribution < -0.4 is 4.90 Å². The summed E-state index contributed by atoms with van der Waals surface area (Å²) in [4.78, 5) is 4.17. The SMILES string of the molecule is CN(c1ccc(Cl)nn1)C1CCN(Cc2cc(F)c(F)c(F)c2)CC1. The summed E-state index contributed by atoms with van der Waals surface area (Å²) in [5, 5.41) is 8.28. The molecule has 0 atom stereocenters. The Balaban J connectivity index is 1.57. The van der Waals surface area contributed by atoms with E-state index in [9.17, 15) is 13.2 Å². The molecule has 3 rings (SSSR count). The lowest BCUT2D eigenvalue weighted by molar-refractivity contribution is 0.202. The number of likely N-dealkylation sites (tertiary alicyclic amines) is 1. The van der Waals surface area contributed by atoms with Crippen LogP contribution in [0.3, 0.4) is 0 Å². The van der Waals surface area contributed by atoms with Gasteiger partial charge in [0.25, 0.3) is 0 Å². The zero-order valence-electron chi connectivity index (χ0n) is 13.7. The topological polar surface area (TPSA) is 32.3 Å². The van der Waals surface area contributed by atoms with Crippen LogP contribution in [0.2, 0.25) is 5.15 Å². The van der Waals surface area contributed by atoms with Gasteiger partial charge in [-0.2, -0.15) is 0 Å². The summed E-state index contributed by atoms with van der Waals surface area (Å²) in [7, 11) is 1.96. The van der Waals surface area contributed by atoms with Gasteiger partial charge in [0.05, 0.1) is 0 Å². The molecule has 1 aromatic carbocycles. The van der Waals surface area contributed by atoms with Gasteiger partial charge in [-0.15, -0.1) is 10.2 Å². The summed E-state index contributed by atoms with van der Waals surface area (Å²) in [6.45, 7) is 1.94. The summed E-state index contributed by atoms with van der Waals surface area (Å²) in [6.07, 6.45) is 1.76. The van der Waals surface area contributed by atoms with E-state index in [0.717, 1.165) is 43.9 Å². The van der Waals surface area contributed by atoms with Crippen molar-refractivity contribution in [2.75, 3.05) is 25.0 Å². The Hall–Kier alpha value is -1.86. The number of anilines is 1. The zero-order valence-corrected chi connectivity index (χ0v) is 14.5. The van der Waals surface area contributed by atoms with Gasteiger partial charge < -0.3 is 4.90 Å². The van der Waals surface area contributed by atoms with Gasteiger partial charge in [0.2, 0.25) is 0 Å². The average molecular weight is 371 g/mol. The van der Waals surface area contributed by atoms with Gasteiger partial charge in [-0.1, -0.05) is 11.6 Å². The molecular formula is C17H18ClF3N4. The zero-order chi connectivity index (χ0) is 18.0. The van der Waals surface area contributed by atoms with Crippen LogP contribution in [0.25, 0.3) is 0 Å². The predicted molar refractivity (Wildman–Crippen MR) is 90.1 cm³/mol. The number of hydrogen-bond donors (Lipinski definition) is 0. The van der Waals surface area contributed by atoms with E-state index in [2.05, 4.69) is 20.0 Å². The molecule has 134 valence electrons. The maximum Gasteiger partial charge on any atom is 0.194 e. The largest absolute Gasteiger partial charge is 0.355 e. The molecule has 0 unspecified atom stereocenters. The first-order chi connectivity index (χ1) is 11.9. The Morgan fingerprint density at radius 3 is 2.32 bits per heavy atom. The summed E-state index contributed by atoms with van der Waals surface area (Å²) in [6, 6.07) is 5.94. The number of piperidine rings is 1. The number of nitrogens with zero attached hydrogens (tertiary/aromatic N) is 4. The lowest BCUT2D eigenvalue weighted by Crippen LogP contribution is -2.43. The smallest absolute Gasteiger partial charge is 0.194 e. The van der Waals surface area contributed by atoms with Gasteiger partial charge in [0, 0.05) is 32.7 Å². The van der Waals surface area contributed by atoms with Crippen LogP contribution in [0.4, 0.5) is 19.0 Å². The van der Waals surface area contributed by atoms with Crippen molar-refractivity contribution in [1.29, 1.82) is 0 Å². The molecule has 2 aromatic rings. The standard InChI is InChI=1S/C17H18ClF3N4/c1-24(16-3-2-15(18)22-23-16)12-4-6-25(7-5-12)10-11-8-13(19)17(21)14(20)9-11/h2-3,8-9,12H,4-7,10H2,1H3. The van der Waals surface area contributed by atoms with Crippen LogP contribution in [0.1, 0.15) is 18.4 Å². The monoisotopic (exact) mass is 370 g/mol. The van der Waals surface area contributed by atoms with Gasteiger partial charge in [0.15, 0.2) is 28.4 Å². The highest BCUT2D eigenvalue weighted by Crippen LogP contribution is 2.22. The van der Waals surface area contributed by atoms with Crippen LogP contribution in [0.15, 0.2) is 24.3 Å². The molecule has 0 aliphatic carbocycles. The Bertz CT molecular complexity index is 710. The molecule has 1 aliphatic rings. The van der Waals surface area contributed by atoms with Crippen molar-refractivity contribution in [1.82, 2.24) is 15.1 Å². The van der Waals surface area contributed by atoms with E-state index in [0.29, 0.717) is 23.3 Å². The van der Waals surface area contributed by atoms with Crippen LogP contribution in [-0.4, -0.2) is 41.3 Å². The molecule has 1 aromatic heterocycles. The van der Waals surface area contributed by atoms with Crippen molar-refractivity contribution in [2.24, 2.45) is 0 Å². The second kappa shape index (κ2) is 7.58. The van der Waals surface area contributed by atoms with Gasteiger partial charge in [0.1, 0.15) is 0 Å². The van der Waals surface area contributed by atoms with Crippen LogP contribution in [0, 0.1) is 17.5 Å². The Labute approximate surface area is 149 Å². The third-order valence-electron chi connectivity index (χ3n) is 4.53. The summed E-state index contributed by atoms with van der Waals surface area (Å²) in [5.74, 6) is -2.96. The fraction of sp³-hybridized carbons (Fsp3) is 0.412. The highest BCUT2D eigenvalue weighted by atomic mass is 35.5. The predicted octanol–water partition coefficient (Wildman–Crippen LogP) is 3.65. The number of aromatic nitrogens is 2. The van der Waals surface area contributed by atoms with Crippen molar-refractivity contribution < 1.29 is 13.2 Å². The number of halogens is 4. The first-order valence-electron chi connectivity index (χ1n) is 8.02. The summed E-state index contributed by atoms with van der Waals surface area (Å²) < 4.78 is 39.7. The molecule has 0 saturated carbocycles. The minimum absolute atomic E-state index is 0.299. The first kappa shape index (κ1) is 17.9. The van der Waals surface area contributed by atoms with E-state index in [1.54, 1.807) is 6.07 Å². The Kier molecular flexibility index (Phi) is 5.44. The third kappa shape index (κ3) is 4.22. The van der Waals surface area contributed by atoms with Gasteiger partial charge in [-0.25, -0.2) is 13.2 Å². The van der Waals surface area contributed by atoms with E-state index < -0.39 is 17.5 Å². The van der Waals surface area contributed by atoms with E-state index in [4.69, 9.17) is 11.6 Å². The van der Waals surface area contributed by atoms with Crippen molar-refractivity contribution in [3.05, 3.63) is 52.4 Å². The molecule has 0 spiro atoms. The number of rotatable bonds is 4. The number of benzene rings is 1. The van der Waals surface area contributed by atoms with E-state index in [1.165, 1.54) is 0 Å². The van der Waals surface area contributed by atoms with Crippen molar-refractivity contribution in [2.45, 2.75) is 25.4 Å². The quantitative estimate of drug-likeness (QED) is 0.769. The fourth-order valence-electron chi connectivity index (χ4n) is 3.11. The maximum absolute atomic E-state index is 13.3. The Morgan fingerprint density at radius 2 is 1.76 bits per heavy atom. The summed E-state index contributed by atoms with van der Waals surface area (Å²) in [5.41, 5.74) is 0.437. The summed E-state index contributed by atoms with van der Waals surface area (Å²) >= 11 is 5.75. The average Bonchev–Trinajstić information content (AvgIpc) is 2.60. The van der Waals surface area contributed by atoms with Gasteiger partial charge in [-0.3, -0.25) is 4.90 Å². The normalized spacial score (nSPS) is 16.2. The van der Waals surface area contributed by atoms with E-state index >= 15 is 0 Å². The highest BCUT2D eigenvalue weighted by molar-refractivity contribution is 6.29. The molecule has 1 saturated heterocycles. The molecule has 8 heteroatoms. The van der Waals surface area contributed by atoms with Crippen LogP contribution in [-0.2, 0) is 6.54 Å². The van der Waals surface area contributed by atoms with E-state index in [1.807, 2.05) is 13.1 Å². The van der Waals surface area contributed by atoms with Crippen LogP contribution >= 0.6 is 11.6 Å². The molecule has 2 heterocycles. The van der Waals surface area contributed by atoms with Crippen molar-refractivity contribution in [3.8, 4) is 0 Å². The lowest BCUT2D eigenvalue weighted by Gasteiger charge is -2.37. The number of hydrogen-bond acceptors (Lipinski definition) is 4. The molecule has 0 bridgehead atoms. The molecule has 0 radical (unpaired) electrons. The molecule has 0 N–H and O–H groups in total. The van der Waals surface area contributed by atoms with Crippen molar-refractivity contribution in [3.63, 3.8) is 0 Å². The third-order valence-corrected chi connectivity index (χ3v) is 4.74.